The summed E-state index contributed by atoms with van der Waals surface area (Å²) in [7, 11) is 0. The molecule has 89 heavy (non-hydrogen) atoms. The highest BCUT2D eigenvalue weighted by Gasteiger charge is 2.53. The minimum absolute atomic E-state index is 0.218. The number of fused-ring (bicyclic) bond motifs is 1. The van der Waals surface area contributed by atoms with E-state index in [4.69, 9.17) is 35.2 Å². The van der Waals surface area contributed by atoms with E-state index < -0.39 is 0 Å². The Hall–Kier alpha value is -4.58. The Morgan fingerprint density at radius 2 is 0.888 bits per heavy atom. The van der Waals surface area contributed by atoms with Crippen molar-refractivity contribution in [1.82, 2.24) is 10.3 Å². The van der Waals surface area contributed by atoms with E-state index in [0.29, 0.717) is 11.1 Å². The zero-order valence-electron chi connectivity index (χ0n) is 54.0. The summed E-state index contributed by atoms with van der Waals surface area (Å²) in [5.41, 5.74) is 29.4. The number of aryl methyl sites for hydroxylation is 9. The number of hydrogen-bond donors (Lipinski definition) is 4. The first-order chi connectivity index (χ1) is 42.6. The Balaban J connectivity index is 0.000000115. The van der Waals surface area contributed by atoms with Crippen LogP contribution in [0.15, 0.2) is 105 Å². The molecule has 0 unspecified atom stereocenters. The Morgan fingerprint density at radius 1 is 0.517 bits per heavy atom. The number of halogens is 2. The molecule has 12 saturated carbocycles. The highest BCUT2D eigenvalue weighted by atomic mass is 79.9. The summed E-state index contributed by atoms with van der Waals surface area (Å²) < 4.78 is 3.28. The normalized spacial score (nSPS) is 29.3. The van der Waals surface area contributed by atoms with Crippen molar-refractivity contribution in [2.24, 2.45) is 64.0 Å². The van der Waals surface area contributed by atoms with Gasteiger partial charge in [-0.25, -0.2) is 4.98 Å². The van der Waals surface area contributed by atoms with Gasteiger partial charge >= 0.3 is 0 Å². The van der Waals surface area contributed by atoms with E-state index in [2.05, 4.69) is 199 Å². The number of nitrogens with one attached hydrogen (secondary N) is 3. The first-order valence-electron chi connectivity index (χ1n) is 33.5. The number of thiazole rings is 1. The van der Waals surface area contributed by atoms with Crippen molar-refractivity contribution in [1.29, 1.82) is 0 Å². The van der Waals surface area contributed by atoms with Gasteiger partial charge in [0.25, 0.3) is 0 Å². The maximum absolute atomic E-state index is 6.32. The maximum atomic E-state index is 6.32. The van der Waals surface area contributed by atoms with Crippen molar-refractivity contribution in [3.05, 3.63) is 150 Å². The third-order valence-electron chi connectivity index (χ3n) is 22.6. The summed E-state index contributed by atoms with van der Waals surface area (Å²) in [6.07, 6.45) is 25.3. The van der Waals surface area contributed by atoms with Crippen LogP contribution < -0.4 is 21.7 Å². The number of thiocarbonyl (C=S) groups is 2. The monoisotopic (exact) mass is 1370 g/mol. The summed E-state index contributed by atoms with van der Waals surface area (Å²) >= 11 is 19.8. The molecular weight excluding hydrogens is 1280 g/mol. The molecule has 19 rings (SSSR count). The van der Waals surface area contributed by atoms with Crippen molar-refractivity contribution in [3.63, 3.8) is 0 Å². The first kappa shape index (κ1) is 63.2. The third kappa shape index (κ3) is 13.4. The van der Waals surface area contributed by atoms with Crippen LogP contribution in [0.3, 0.4) is 0 Å². The van der Waals surface area contributed by atoms with Crippen molar-refractivity contribution in [2.75, 3.05) is 10.6 Å². The molecular formula is C78H92Br2N6S3. The molecule has 5 N–H and O–H groups in total. The lowest BCUT2D eigenvalue weighted by Crippen LogP contribution is -2.60. The number of anilines is 2. The second kappa shape index (κ2) is 25.4. The lowest BCUT2D eigenvalue weighted by atomic mass is 9.53. The van der Waals surface area contributed by atoms with Gasteiger partial charge in [-0.05, 0) is 356 Å². The van der Waals surface area contributed by atoms with Crippen LogP contribution in [0, 0.1) is 116 Å². The van der Waals surface area contributed by atoms with Gasteiger partial charge in [-0.15, -0.1) is 0 Å². The number of hydrogen-bond acceptors (Lipinski definition) is 7. The van der Waals surface area contributed by atoms with E-state index in [0.717, 1.165) is 89.4 Å². The summed E-state index contributed by atoms with van der Waals surface area (Å²) in [6.45, 7) is 19.6. The van der Waals surface area contributed by atoms with Gasteiger partial charge in [0.05, 0.1) is 26.8 Å². The van der Waals surface area contributed by atoms with Gasteiger partial charge in [-0.3, -0.25) is 0 Å². The van der Waals surface area contributed by atoms with Gasteiger partial charge in [0.1, 0.15) is 0 Å². The van der Waals surface area contributed by atoms with Crippen LogP contribution in [0.4, 0.5) is 16.5 Å². The largest absolute Gasteiger partial charge is 0.357 e. The number of nitrogens with two attached hydrogens (primary N) is 1. The standard InChI is InChI=1S/C26H31BrN2S.C26H30N2S.C16H14BrNS.C10H17N/c1-15-7-16(2)23(17(3)8-15)21-5-4-6-22(27)24(21)28-25(30)29-26-12-18-9-19(13-26)11-20(10-18)14-26;1-15-7-16(2)23(17(3)8-15)21-5-4-6-22-24(21)27-25(29-22)28-26-12-18-9-19(13-26)11-20(10-18)14-26;1-10-7-11(2)15(12(3)8-10)13-5-4-6-14(17)16(13)18-9-19;11-10-4-7-1-8(5-10)3-9(2-7)6-10/h4-8,18-20H,9-14H2,1-3H3,(H2,28,29,30);4-8,18-20H,9-14H2,1-3H3,(H,27,28);4-8H,1-3H3;7-9H,1-6,11H2. The van der Waals surface area contributed by atoms with E-state index in [1.165, 1.54) is 204 Å². The van der Waals surface area contributed by atoms with Crippen LogP contribution in [0.5, 0.6) is 0 Å². The van der Waals surface area contributed by atoms with E-state index in [9.17, 15) is 0 Å². The fourth-order valence-electron chi connectivity index (χ4n) is 21.1. The summed E-state index contributed by atoms with van der Waals surface area (Å²) in [6, 6.07) is 32.6. The predicted molar refractivity (Wildman–Crippen MR) is 391 cm³/mol. The van der Waals surface area contributed by atoms with Crippen LogP contribution in [0.2, 0.25) is 0 Å². The molecule has 466 valence electrons. The molecule has 0 aliphatic heterocycles. The minimum atomic E-state index is 0.218. The molecule has 12 aliphatic rings. The van der Waals surface area contributed by atoms with Gasteiger partial charge < -0.3 is 21.7 Å². The molecule has 1 heterocycles. The number of benzene rings is 6. The average Bonchev–Trinajstić information content (AvgIpc) is 1.76. The Morgan fingerprint density at radius 3 is 1.33 bits per heavy atom. The second-order valence-corrected chi connectivity index (χ2v) is 33.7. The van der Waals surface area contributed by atoms with Crippen molar-refractivity contribution in [2.45, 2.75) is 195 Å². The van der Waals surface area contributed by atoms with Gasteiger partial charge in [0, 0.05) is 42.3 Å². The predicted octanol–water partition coefficient (Wildman–Crippen LogP) is 22.3. The number of aromatic nitrogens is 1. The summed E-state index contributed by atoms with van der Waals surface area (Å²) in [4.78, 5) is 9.38. The molecule has 0 spiro atoms. The smallest absolute Gasteiger partial charge is 0.184 e. The second-order valence-electron chi connectivity index (χ2n) is 30.4. The lowest BCUT2D eigenvalue weighted by molar-refractivity contribution is -0.00973. The lowest BCUT2D eigenvalue weighted by Gasteiger charge is -2.57. The van der Waals surface area contributed by atoms with E-state index >= 15 is 0 Å². The topological polar surface area (TPSA) is 87.4 Å². The molecule has 11 heteroatoms. The molecule has 12 bridgehead atoms. The molecule has 12 aliphatic carbocycles. The van der Waals surface area contributed by atoms with Crippen molar-refractivity contribution < 1.29 is 0 Å². The quantitative estimate of drug-likeness (QED) is 0.0891. The van der Waals surface area contributed by atoms with Crippen molar-refractivity contribution in [3.8, 4) is 33.4 Å². The minimum Gasteiger partial charge on any atom is -0.357 e. The van der Waals surface area contributed by atoms with Crippen LogP contribution in [0.1, 0.15) is 166 Å². The summed E-state index contributed by atoms with van der Waals surface area (Å²) in [5.74, 6) is 8.64. The van der Waals surface area contributed by atoms with Gasteiger partial charge in [0.15, 0.2) is 10.2 Å². The van der Waals surface area contributed by atoms with Crippen LogP contribution in [-0.2, 0) is 0 Å². The molecule has 12 fully saturated rings. The molecule has 0 radical (unpaired) electrons. The highest BCUT2D eigenvalue weighted by molar-refractivity contribution is 9.11. The molecule has 1 aromatic heterocycles. The number of nitrogens with zero attached hydrogens (tertiary/aromatic N) is 2. The van der Waals surface area contributed by atoms with E-state index in [1.807, 2.05) is 23.5 Å². The number of aliphatic imine (C=N–C) groups is 1. The SMILES string of the molecule is Cc1cc(C)c(-c2cccc(Br)c2N=C=S)c(C)c1.Cc1cc(C)c(-c2cccc(Br)c2NC(=S)NC23CC4CC(CC(C4)C2)C3)c(C)c1.Cc1cc(C)c(-c2cccc3sc(NC45CC6CC(CC(C6)C4)C5)nc23)c(C)c1.NC12CC3CC(CC(C3)C1)C2. The third-order valence-corrected chi connectivity index (χ3v) is 25.1. The molecule has 6 nitrogen and oxygen atoms in total. The summed E-state index contributed by atoms with van der Waals surface area (Å²) in [5, 5.41) is 15.8. The molecule has 6 aromatic carbocycles. The zero-order chi connectivity index (χ0) is 62.3. The Labute approximate surface area is 563 Å². The molecule has 0 atom stereocenters. The number of para-hydroxylation sites is 3. The number of rotatable bonds is 8. The molecule has 0 saturated heterocycles. The first-order valence-corrected chi connectivity index (χ1v) is 36.7. The van der Waals surface area contributed by atoms with Crippen LogP contribution >= 0.6 is 67.6 Å². The van der Waals surface area contributed by atoms with E-state index in [1.54, 1.807) is 0 Å². The van der Waals surface area contributed by atoms with Crippen LogP contribution in [0.25, 0.3) is 43.6 Å². The molecule has 7 aromatic rings. The van der Waals surface area contributed by atoms with Gasteiger partial charge in [-0.1, -0.05) is 101 Å². The van der Waals surface area contributed by atoms with Crippen LogP contribution in [-0.4, -0.2) is 31.9 Å². The highest BCUT2D eigenvalue weighted by Crippen LogP contribution is 2.59. The molecule has 0 amide bonds. The average molecular weight is 1370 g/mol. The fourth-order valence-corrected chi connectivity index (χ4v) is 23.4. The Kier molecular flexibility index (Phi) is 18.0. The fraction of sp³-hybridized carbons (Fsp3) is 0.500. The van der Waals surface area contributed by atoms with Gasteiger partial charge in [-0.2, -0.15) is 4.99 Å². The number of isothiocyanates is 1. The van der Waals surface area contributed by atoms with Gasteiger partial charge in [0.2, 0.25) is 0 Å². The Bertz CT molecular complexity index is 3750. The van der Waals surface area contributed by atoms with E-state index in [-0.39, 0.29) is 5.54 Å². The maximum Gasteiger partial charge on any atom is 0.184 e. The zero-order valence-corrected chi connectivity index (χ0v) is 59.7. The van der Waals surface area contributed by atoms with Crippen molar-refractivity contribution >= 4 is 105 Å².